The summed E-state index contributed by atoms with van der Waals surface area (Å²) in [5.41, 5.74) is 1.39. The second-order valence-electron chi connectivity index (χ2n) is 4.88. The molecule has 1 aliphatic heterocycles. The predicted molar refractivity (Wildman–Crippen MR) is 69.9 cm³/mol. The number of benzene rings is 2. The van der Waals surface area contributed by atoms with E-state index in [-0.39, 0.29) is 23.6 Å². The largest absolute Gasteiger partial charge is 0.484 e. The Morgan fingerprint density at radius 1 is 1.15 bits per heavy atom. The number of fused-ring (bicyclic) bond motifs is 1. The number of aryl methyl sites for hydroxylation is 1. The topological polar surface area (TPSA) is 26.3 Å². The molecule has 0 amide bonds. The maximum Gasteiger partial charge on any atom is 0.170 e. The van der Waals surface area contributed by atoms with Gasteiger partial charge in [-0.3, -0.25) is 4.79 Å². The standard InChI is InChI=1S/C16H12F2O2/c1-9-2-3-10(6-13(9)18)16-8-14(19)12-7-11(17)4-5-15(12)20-16/h2-7,16H,8H2,1H3. The first kappa shape index (κ1) is 12.8. The molecular formula is C16H12F2O2. The van der Waals surface area contributed by atoms with Gasteiger partial charge in [0.1, 0.15) is 23.5 Å². The molecule has 2 aromatic carbocycles. The maximum atomic E-state index is 13.6. The zero-order valence-electron chi connectivity index (χ0n) is 10.8. The van der Waals surface area contributed by atoms with Crippen LogP contribution in [0, 0.1) is 18.6 Å². The highest BCUT2D eigenvalue weighted by Gasteiger charge is 2.28. The number of hydrogen-bond donors (Lipinski definition) is 0. The van der Waals surface area contributed by atoms with E-state index >= 15 is 0 Å². The van der Waals surface area contributed by atoms with Gasteiger partial charge in [0.2, 0.25) is 0 Å². The summed E-state index contributed by atoms with van der Waals surface area (Å²) in [6.07, 6.45) is -0.450. The van der Waals surface area contributed by atoms with Crippen LogP contribution in [0.15, 0.2) is 36.4 Å². The van der Waals surface area contributed by atoms with Crippen LogP contribution < -0.4 is 4.74 Å². The van der Waals surface area contributed by atoms with E-state index in [0.29, 0.717) is 16.9 Å². The molecular weight excluding hydrogens is 262 g/mol. The highest BCUT2D eigenvalue weighted by atomic mass is 19.1. The quantitative estimate of drug-likeness (QED) is 0.786. The normalized spacial score (nSPS) is 17.6. The van der Waals surface area contributed by atoms with Gasteiger partial charge in [-0.2, -0.15) is 0 Å². The van der Waals surface area contributed by atoms with E-state index in [0.717, 1.165) is 0 Å². The van der Waals surface area contributed by atoms with Crippen molar-refractivity contribution in [2.75, 3.05) is 0 Å². The Labute approximate surface area is 115 Å². The van der Waals surface area contributed by atoms with Gasteiger partial charge in [-0.25, -0.2) is 8.78 Å². The molecule has 0 radical (unpaired) electrons. The molecule has 0 bridgehead atoms. The molecule has 0 fully saturated rings. The van der Waals surface area contributed by atoms with Crippen molar-refractivity contribution < 1.29 is 18.3 Å². The summed E-state index contributed by atoms with van der Waals surface area (Å²) in [6, 6.07) is 8.61. The van der Waals surface area contributed by atoms with Gasteiger partial charge in [-0.1, -0.05) is 12.1 Å². The minimum Gasteiger partial charge on any atom is -0.484 e. The van der Waals surface area contributed by atoms with E-state index in [1.165, 1.54) is 24.3 Å². The minimum atomic E-state index is -0.532. The van der Waals surface area contributed by atoms with Crippen LogP contribution in [-0.2, 0) is 0 Å². The number of hydrogen-bond acceptors (Lipinski definition) is 2. The zero-order chi connectivity index (χ0) is 14.3. The molecule has 0 aliphatic carbocycles. The summed E-state index contributed by atoms with van der Waals surface area (Å²) in [6.45, 7) is 1.67. The summed E-state index contributed by atoms with van der Waals surface area (Å²) in [5, 5.41) is 0. The molecule has 4 heteroatoms. The van der Waals surface area contributed by atoms with Crippen molar-refractivity contribution in [2.24, 2.45) is 0 Å². The average Bonchev–Trinajstić information content (AvgIpc) is 2.42. The van der Waals surface area contributed by atoms with Gasteiger partial charge in [-0.15, -0.1) is 0 Å². The third kappa shape index (κ3) is 2.18. The summed E-state index contributed by atoms with van der Waals surface area (Å²) >= 11 is 0. The van der Waals surface area contributed by atoms with Crippen molar-refractivity contribution in [1.29, 1.82) is 0 Å². The first-order valence-electron chi connectivity index (χ1n) is 6.30. The lowest BCUT2D eigenvalue weighted by molar-refractivity contribution is 0.0848. The highest BCUT2D eigenvalue weighted by Crippen LogP contribution is 2.35. The predicted octanol–water partition coefficient (Wildman–Crippen LogP) is 3.98. The first-order chi connectivity index (χ1) is 9.54. The van der Waals surface area contributed by atoms with Crippen molar-refractivity contribution in [3.63, 3.8) is 0 Å². The number of ketones is 1. The smallest absolute Gasteiger partial charge is 0.170 e. The second-order valence-corrected chi connectivity index (χ2v) is 4.88. The van der Waals surface area contributed by atoms with Crippen molar-refractivity contribution in [2.45, 2.75) is 19.4 Å². The Kier molecular flexibility index (Phi) is 3.01. The third-order valence-electron chi connectivity index (χ3n) is 3.45. The fourth-order valence-electron chi connectivity index (χ4n) is 2.29. The molecule has 1 unspecified atom stereocenters. The van der Waals surface area contributed by atoms with Crippen LogP contribution >= 0.6 is 0 Å². The summed E-state index contributed by atoms with van der Waals surface area (Å²) < 4.78 is 32.4. The Hall–Kier alpha value is -2.23. The van der Waals surface area contributed by atoms with Gasteiger partial charge in [0.15, 0.2) is 5.78 Å². The van der Waals surface area contributed by atoms with Gasteiger partial charge in [0.25, 0.3) is 0 Å². The third-order valence-corrected chi connectivity index (χ3v) is 3.45. The molecule has 102 valence electrons. The van der Waals surface area contributed by atoms with Crippen molar-refractivity contribution in [3.05, 3.63) is 64.7 Å². The summed E-state index contributed by atoms with van der Waals surface area (Å²) in [4.78, 5) is 12.0. The summed E-state index contributed by atoms with van der Waals surface area (Å²) in [7, 11) is 0. The van der Waals surface area contributed by atoms with Gasteiger partial charge >= 0.3 is 0 Å². The van der Waals surface area contributed by atoms with Crippen molar-refractivity contribution >= 4 is 5.78 Å². The average molecular weight is 274 g/mol. The molecule has 0 spiro atoms. The van der Waals surface area contributed by atoms with E-state index in [9.17, 15) is 13.6 Å². The number of rotatable bonds is 1. The second kappa shape index (κ2) is 4.71. The Morgan fingerprint density at radius 3 is 2.70 bits per heavy atom. The van der Waals surface area contributed by atoms with Crippen LogP contribution in [0.3, 0.4) is 0 Å². The minimum absolute atomic E-state index is 0.0823. The van der Waals surface area contributed by atoms with Gasteiger partial charge in [-0.05, 0) is 42.3 Å². The molecule has 1 aliphatic rings. The molecule has 2 nitrogen and oxygen atoms in total. The summed E-state index contributed by atoms with van der Waals surface area (Å²) in [5.74, 6) is -0.658. The fraction of sp³-hybridized carbons (Fsp3) is 0.188. The van der Waals surface area contributed by atoms with E-state index in [2.05, 4.69) is 0 Å². The van der Waals surface area contributed by atoms with Crippen LogP contribution in [0.4, 0.5) is 8.78 Å². The monoisotopic (exact) mass is 274 g/mol. The number of carbonyl (C=O) groups is 1. The van der Waals surface area contributed by atoms with Gasteiger partial charge in [0, 0.05) is 0 Å². The van der Waals surface area contributed by atoms with Crippen molar-refractivity contribution in [1.82, 2.24) is 0 Å². The molecule has 20 heavy (non-hydrogen) atoms. The van der Waals surface area contributed by atoms with Crippen LogP contribution in [0.2, 0.25) is 0 Å². The fourth-order valence-corrected chi connectivity index (χ4v) is 2.29. The van der Waals surface area contributed by atoms with E-state index in [1.54, 1.807) is 19.1 Å². The van der Waals surface area contributed by atoms with Crippen molar-refractivity contribution in [3.8, 4) is 5.75 Å². The van der Waals surface area contributed by atoms with Crippen LogP contribution in [0.5, 0.6) is 5.75 Å². The number of Topliss-reactive ketones (excluding diaryl/α,β-unsaturated/α-hetero) is 1. The highest BCUT2D eigenvalue weighted by molar-refractivity contribution is 6.00. The SMILES string of the molecule is Cc1ccc(C2CC(=O)c3cc(F)ccc3O2)cc1F. The molecule has 0 aromatic heterocycles. The van der Waals surface area contributed by atoms with Gasteiger partial charge < -0.3 is 4.74 Å². The van der Waals surface area contributed by atoms with Crippen LogP contribution in [0.25, 0.3) is 0 Å². The zero-order valence-corrected chi connectivity index (χ0v) is 10.8. The lowest BCUT2D eigenvalue weighted by Crippen LogP contribution is -2.20. The first-order valence-corrected chi connectivity index (χ1v) is 6.30. The number of ether oxygens (including phenoxy) is 1. The molecule has 1 atom stereocenters. The van der Waals surface area contributed by atoms with Crippen LogP contribution in [-0.4, -0.2) is 5.78 Å². The molecule has 0 saturated heterocycles. The molecule has 1 heterocycles. The Balaban J connectivity index is 1.97. The molecule has 0 N–H and O–H groups in total. The van der Waals surface area contributed by atoms with E-state index in [1.807, 2.05) is 0 Å². The van der Waals surface area contributed by atoms with Gasteiger partial charge in [0.05, 0.1) is 12.0 Å². The van der Waals surface area contributed by atoms with E-state index < -0.39 is 11.9 Å². The number of carbonyl (C=O) groups excluding carboxylic acids is 1. The Bertz CT molecular complexity index is 695. The molecule has 3 rings (SSSR count). The lowest BCUT2D eigenvalue weighted by atomic mass is 9.95. The van der Waals surface area contributed by atoms with Crippen LogP contribution in [0.1, 0.15) is 34.0 Å². The number of halogens is 2. The molecule has 2 aromatic rings. The Morgan fingerprint density at radius 2 is 1.95 bits per heavy atom. The van der Waals surface area contributed by atoms with E-state index in [4.69, 9.17) is 4.74 Å². The lowest BCUT2D eigenvalue weighted by Gasteiger charge is -2.25. The molecule has 0 saturated carbocycles. The maximum absolute atomic E-state index is 13.6.